The molecule has 0 amide bonds. The van der Waals surface area contributed by atoms with E-state index >= 15 is 0 Å². The molecule has 1 atom stereocenters. The van der Waals surface area contributed by atoms with Crippen molar-refractivity contribution in [3.63, 3.8) is 0 Å². The molecule has 0 bridgehead atoms. The lowest BCUT2D eigenvalue weighted by Crippen LogP contribution is -2.30. The standard InChI is InChI=1S/C30H39ClN2O3/c1-19-16-24-23(15-14-22(32-24)17-33(8)9)27(20-10-12-21(31)13-11-20)26(19)25(36-30(5,6)7)18-35-28(34)29(2,3)4/h10-16,25H,17-18H2,1-9H3. The normalized spacial score (nSPS) is 13.3. The van der Waals surface area contributed by atoms with E-state index in [2.05, 4.69) is 30.0 Å². The maximum Gasteiger partial charge on any atom is 0.311 e. The number of carbonyl (C=O) groups is 1. The Bertz CT molecular complexity index is 1220. The van der Waals surface area contributed by atoms with Crippen LogP contribution in [0.25, 0.3) is 22.0 Å². The van der Waals surface area contributed by atoms with Gasteiger partial charge in [-0.2, -0.15) is 0 Å². The average Bonchev–Trinajstić information content (AvgIpc) is 2.74. The van der Waals surface area contributed by atoms with Crippen molar-refractivity contribution in [1.29, 1.82) is 0 Å². The van der Waals surface area contributed by atoms with Gasteiger partial charge in [0.25, 0.3) is 0 Å². The molecule has 1 unspecified atom stereocenters. The quantitative estimate of drug-likeness (QED) is 0.310. The van der Waals surface area contributed by atoms with Crippen LogP contribution in [0.2, 0.25) is 5.02 Å². The Labute approximate surface area is 220 Å². The molecule has 0 N–H and O–H groups in total. The zero-order chi connectivity index (χ0) is 26.8. The van der Waals surface area contributed by atoms with Crippen LogP contribution in [-0.4, -0.2) is 42.2 Å². The number of hydrogen-bond donors (Lipinski definition) is 0. The molecule has 194 valence electrons. The predicted octanol–water partition coefficient (Wildman–Crippen LogP) is 7.37. The van der Waals surface area contributed by atoms with Crippen LogP contribution in [0.15, 0.2) is 42.5 Å². The van der Waals surface area contributed by atoms with Crippen LogP contribution in [0, 0.1) is 12.3 Å². The van der Waals surface area contributed by atoms with Crippen LogP contribution in [0.3, 0.4) is 0 Å². The third kappa shape index (κ3) is 7.06. The van der Waals surface area contributed by atoms with E-state index in [9.17, 15) is 4.79 Å². The summed E-state index contributed by atoms with van der Waals surface area (Å²) in [6, 6.07) is 14.1. The summed E-state index contributed by atoms with van der Waals surface area (Å²) in [6.07, 6.45) is -0.465. The summed E-state index contributed by atoms with van der Waals surface area (Å²) in [7, 11) is 4.07. The molecule has 5 nitrogen and oxygen atoms in total. The Balaban J connectivity index is 2.25. The van der Waals surface area contributed by atoms with Crippen molar-refractivity contribution in [2.45, 2.75) is 66.7 Å². The first kappa shape index (κ1) is 28.1. The average molecular weight is 511 g/mol. The fourth-order valence-electron chi connectivity index (χ4n) is 4.19. The van der Waals surface area contributed by atoms with Gasteiger partial charge in [-0.1, -0.05) is 29.8 Å². The first-order chi connectivity index (χ1) is 16.7. The molecule has 3 aromatic rings. The van der Waals surface area contributed by atoms with E-state index in [4.69, 9.17) is 26.1 Å². The van der Waals surface area contributed by atoms with Crippen LogP contribution in [0.1, 0.15) is 64.5 Å². The van der Waals surface area contributed by atoms with Gasteiger partial charge in [-0.05, 0) is 109 Å². The minimum Gasteiger partial charge on any atom is -0.462 e. The summed E-state index contributed by atoms with van der Waals surface area (Å²) in [6.45, 7) is 14.5. The van der Waals surface area contributed by atoms with E-state index in [0.717, 1.165) is 45.4 Å². The Kier molecular flexibility index (Phi) is 8.49. The number of esters is 1. The van der Waals surface area contributed by atoms with Gasteiger partial charge in [-0.15, -0.1) is 0 Å². The van der Waals surface area contributed by atoms with E-state index in [1.807, 2.05) is 79.9 Å². The summed E-state index contributed by atoms with van der Waals surface area (Å²) in [5.74, 6) is -0.258. The summed E-state index contributed by atoms with van der Waals surface area (Å²) in [5, 5.41) is 1.69. The molecular weight excluding hydrogens is 472 g/mol. The number of halogens is 1. The molecule has 0 radical (unpaired) electrons. The van der Waals surface area contributed by atoms with Crippen LogP contribution in [0.5, 0.6) is 0 Å². The first-order valence-corrected chi connectivity index (χ1v) is 12.7. The van der Waals surface area contributed by atoms with E-state index in [1.54, 1.807) is 0 Å². The predicted molar refractivity (Wildman–Crippen MR) is 148 cm³/mol. The highest BCUT2D eigenvalue weighted by Crippen LogP contribution is 2.40. The molecule has 0 aliphatic rings. The third-order valence-electron chi connectivity index (χ3n) is 5.71. The monoisotopic (exact) mass is 510 g/mol. The molecule has 36 heavy (non-hydrogen) atoms. The van der Waals surface area contributed by atoms with Crippen molar-refractivity contribution in [2.24, 2.45) is 5.41 Å². The lowest BCUT2D eigenvalue weighted by molar-refractivity contribution is -0.162. The van der Waals surface area contributed by atoms with Crippen molar-refractivity contribution in [3.05, 3.63) is 64.3 Å². The molecule has 0 saturated heterocycles. The fraction of sp³-hybridized carbons (Fsp3) is 0.467. The van der Waals surface area contributed by atoms with Gasteiger partial charge in [0, 0.05) is 17.0 Å². The van der Waals surface area contributed by atoms with E-state index in [-0.39, 0.29) is 12.6 Å². The topological polar surface area (TPSA) is 51.7 Å². The molecule has 0 fully saturated rings. The Hall–Kier alpha value is -2.47. The van der Waals surface area contributed by atoms with Crippen molar-refractivity contribution in [2.75, 3.05) is 20.7 Å². The molecule has 1 heterocycles. The van der Waals surface area contributed by atoms with Crippen molar-refractivity contribution in [1.82, 2.24) is 9.88 Å². The van der Waals surface area contributed by atoms with Gasteiger partial charge in [-0.3, -0.25) is 9.78 Å². The number of nitrogens with zero attached hydrogens (tertiary/aromatic N) is 2. The molecule has 0 aliphatic carbocycles. The van der Waals surface area contributed by atoms with Crippen molar-refractivity contribution in [3.8, 4) is 11.1 Å². The maximum absolute atomic E-state index is 12.7. The largest absolute Gasteiger partial charge is 0.462 e. The number of pyridine rings is 1. The Morgan fingerprint density at radius 2 is 1.67 bits per heavy atom. The number of hydrogen-bond acceptors (Lipinski definition) is 5. The summed E-state index contributed by atoms with van der Waals surface area (Å²) in [4.78, 5) is 19.7. The van der Waals surface area contributed by atoms with Crippen LogP contribution in [-0.2, 0) is 20.8 Å². The second-order valence-electron chi connectivity index (χ2n) is 11.7. The molecular formula is C30H39ClN2O3. The van der Waals surface area contributed by atoms with E-state index in [0.29, 0.717) is 5.02 Å². The molecule has 0 spiro atoms. The minimum absolute atomic E-state index is 0.118. The van der Waals surface area contributed by atoms with Crippen molar-refractivity contribution >= 4 is 28.5 Å². The molecule has 3 rings (SSSR count). The Morgan fingerprint density at radius 3 is 2.22 bits per heavy atom. The van der Waals surface area contributed by atoms with Crippen LogP contribution >= 0.6 is 11.6 Å². The summed E-state index contributed by atoms with van der Waals surface area (Å²) >= 11 is 6.24. The number of rotatable bonds is 7. The first-order valence-electron chi connectivity index (χ1n) is 12.3. The van der Waals surface area contributed by atoms with Crippen molar-refractivity contribution < 1.29 is 14.3 Å². The maximum atomic E-state index is 12.7. The molecule has 2 aromatic carbocycles. The SMILES string of the molecule is Cc1cc2nc(CN(C)C)ccc2c(-c2ccc(Cl)cc2)c1C(COC(=O)C(C)(C)C)OC(C)(C)C. The second kappa shape index (κ2) is 10.9. The van der Waals surface area contributed by atoms with Gasteiger partial charge in [0.15, 0.2) is 0 Å². The number of aromatic nitrogens is 1. The number of ether oxygens (including phenoxy) is 2. The highest BCUT2D eigenvalue weighted by atomic mass is 35.5. The lowest BCUT2D eigenvalue weighted by atomic mass is 9.88. The van der Waals surface area contributed by atoms with Gasteiger partial charge in [0.2, 0.25) is 0 Å². The van der Waals surface area contributed by atoms with Gasteiger partial charge in [-0.25, -0.2) is 0 Å². The van der Waals surface area contributed by atoms with Crippen LogP contribution in [0.4, 0.5) is 0 Å². The number of fused-ring (bicyclic) bond motifs is 1. The van der Waals surface area contributed by atoms with Crippen LogP contribution < -0.4 is 0 Å². The van der Waals surface area contributed by atoms with E-state index < -0.39 is 17.1 Å². The molecule has 0 aliphatic heterocycles. The second-order valence-corrected chi connectivity index (χ2v) is 12.1. The smallest absolute Gasteiger partial charge is 0.311 e. The van der Waals surface area contributed by atoms with E-state index in [1.165, 1.54) is 0 Å². The zero-order valence-corrected chi connectivity index (χ0v) is 23.8. The van der Waals surface area contributed by atoms with Gasteiger partial charge in [0.05, 0.1) is 22.2 Å². The molecule has 1 aromatic heterocycles. The molecule has 0 saturated carbocycles. The summed E-state index contributed by atoms with van der Waals surface area (Å²) in [5.41, 5.74) is 4.92. The van der Waals surface area contributed by atoms with Gasteiger partial charge in [0.1, 0.15) is 12.7 Å². The number of benzene rings is 2. The lowest BCUT2D eigenvalue weighted by Gasteiger charge is -2.31. The summed E-state index contributed by atoms with van der Waals surface area (Å²) < 4.78 is 12.4. The zero-order valence-electron chi connectivity index (χ0n) is 23.0. The number of carbonyl (C=O) groups excluding carboxylic acids is 1. The third-order valence-corrected chi connectivity index (χ3v) is 5.96. The highest BCUT2D eigenvalue weighted by Gasteiger charge is 2.30. The number of aryl methyl sites for hydroxylation is 1. The minimum atomic E-state index is -0.601. The molecule has 6 heteroatoms. The van der Waals surface area contributed by atoms with Gasteiger partial charge >= 0.3 is 5.97 Å². The Morgan fingerprint density at radius 1 is 1.03 bits per heavy atom. The fourth-order valence-corrected chi connectivity index (χ4v) is 4.32. The highest BCUT2D eigenvalue weighted by molar-refractivity contribution is 6.30. The van der Waals surface area contributed by atoms with Gasteiger partial charge < -0.3 is 14.4 Å².